The number of aromatic nitrogens is 4. The minimum absolute atomic E-state index is 0.391. The van der Waals surface area contributed by atoms with Crippen molar-refractivity contribution in [1.29, 1.82) is 0 Å². The molecule has 0 aliphatic heterocycles. The van der Waals surface area contributed by atoms with Crippen LogP contribution in [0.2, 0.25) is 0 Å². The molecule has 0 aliphatic rings. The van der Waals surface area contributed by atoms with Gasteiger partial charge < -0.3 is 9.72 Å². The van der Waals surface area contributed by atoms with E-state index >= 15 is 0 Å². The van der Waals surface area contributed by atoms with Crippen LogP contribution in [0.15, 0.2) is 36.9 Å². The summed E-state index contributed by atoms with van der Waals surface area (Å²) in [6, 6.07) is 6.41. The topological polar surface area (TPSA) is 66.6 Å². The van der Waals surface area contributed by atoms with Gasteiger partial charge in [-0.1, -0.05) is 12.7 Å². The first-order valence-corrected chi connectivity index (χ1v) is 7.41. The summed E-state index contributed by atoms with van der Waals surface area (Å²) >= 11 is 0. The van der Waals surface area contributed by atoms with Gasteiger partial charge >= 0.3 is 0 Å². The highest BCUT2D eigenvalue weighted by atomic mass is 19.1. The van der Waals surface area contributed by atoms with Gasteiger partial charge in [-0.15, -0.1) is 0 Å². The van der Waals surface area contributed by atoms with Gasteiger partial charge in [-0.25, -0.2) is 9.37 Å². The first-order valence-electron chi connectivity index (χ1n) is 7.41. The Kier molecular flexibility index (Phi) is 4.29. The Bertz CT molecular complexity index is 908. The summed E-state index contributed by atoms with van der Waals surface area (Å²) in [5.41, 5.74) is 3.15. The summed E-state index contributed by atoms with van der Waals surface area (Å²) in [6.07, 6.45) is 5.49. The Morgan fingerprint density at radius 3 is 2.79 bits per heavy atom. The fraction of sp³-hybridized carbons (Fsp3) is 0.111. The molecule has 0 atom stereocenters. The lowest BCUT2D eigenvalue weighted by Gasteiger charge is -2.02. The lowest BCUT2D eigenvalue weighted by Crippen LogP contribution is -1.88. The van der Waals surface area contributed by atoms with Crippen LogP contribution in [0.3, 0.4) is 0 Å². The lowest BCUT2D eigenvalue weighted by atomic mass is 10.1. The van der Waals surface area contributed by atoms with Gasteiger partial charge in [0.25, 0.3) is 0 Å². The maximum Gasteiger partial charge on any atom is 0.156 e. The summed E-state index contributed by atoms with van der Waals surface area (Å²) in [4.78, 5) is 7.66. The van der Waals surface area contributed by atoms with Crippen LogP contribution in [0.4, 0.5) is 4.39 Å². The minimum atomic E-state index is -0.395. The number of methoxy groups -OCH3 is 1. The van der Waals surface area contributed by atoms with Gasteiger partial charge in [0.1, 0.15) is 17.3 Å². The van der Waals surface area contributed by atoms with Crippen molar-refractivity contribution in [1.82, 2.24) is 20.2 Å². The van der Waals surface area contributed by atoms with E-state index in [1.807, 2.05) is 19.1 Å². The first-order chi connectivity index (χ1) is 11.7. The molecule has 5 nitrogen and oxygen atoms in total. The maximum absolute atomic E-state index is 14.2. The van der Waals surface area contributed by atoms with E-state index in [1.54, 1.807) is 24.3 Å². The van der Waals surface area contributed by atoms with Gasteiger partial charge in [0.05, 0.1) is 24.2 Å². The Labute approximate surface area is 138 Å². The fourth-order valence-electron chi connectivity index (χ4n) is 2.38. The molecule has 24 heavy (non-hydrogen) atoms. The van der Waals surface area contributed by atoms with Crippen molar-refractivity contribution in [3.8, 4) is 28.5 Å². The zero-order valence-electron chi connectivity index (χ0n) is 13.4. The zero-order valence-corrected chi connectivity index (χ0v) is 13.4. The van der Waals surface area contributed by atoms with Crippen LogP contribution in [-0.2, 0) is 0 Å². The number of rotatable bonds is 5. The van der Waals surface area contributed by atoms with Gasteiger partial charge in [-0.3, -0.25) is 5.10 Å². The zero-order chi connectivity index (χ0) is 17.1. The second-order valence-electron chi connectivity index (χ2n) is 5.10. The Balaban J connectivity index is 1.98. The monoisotopic (exact) mass is 324 g/mol. The van der Waals surface area contributed by atoms with Crippen molar-refractivity contribution >= 4 is 12.2 Å². The number of aromatic amines is 2. The molecule has 0 aliphatic carbocycles. The van der Waals surface area contributed by atoms with Crippen molar-refractivity contribution in [2.24, 2.45) is 0 Å². The number of nitrogens with zero attached hydrogens (tertiary/aromatic N) is 2. The number of H-pyrrole nitrogens is 2. The van der Waals surface area contributed by atoms with E-state index in [0.29, 0.717) is 28.5 Å². The van der Waals surface area contributed by atoms with E-state index in [9.17, 15) is 4.39 Å². The molecule has 0 radical (unpaired) electrons. The third kappa shape index (κ3) is 2.86. The van der Waals surface area contributed by atoms with Gasteiger partial charge in [0.15, 0.2) is 5.82 Å². The van der Waals surface area contributed by atoms with Crippen LogP contribution in [0, 0.1) is 5.82 Å². The van der Waals surface area contributed by atoms with E-state index < -0.39 is 5.82 Å². The Morgan fingerprint density at radius 1 is 1.29 bits per heavy atom. The molecule has 2 heterocycles. The van der Waals surface area contributed by atoms with Crippen LogP contribution in [0.1, 0.15) is 18.3 Å². The molecule has 0 amide bonds. The van der Waals surface area contributed by atoms with E-state index in [4.69, 9.17) is 4.74 Å². The number of nitrogens with one attached hydrogen (secondary N) is 2. The van der Waals surface area contributed by atoms with Crippen LogP contribution < -0.4 is 4.74 Å². The van der Waals surface area contributed by atoms with Gasteiger partial charge in [-0.05, 0) is 37.3 Å². The van der Waals surface area contributed by atoms with Crippen LogP contribution in [0.5, 0.6) is 5.75 Å². The molecule has 0 bridgehead atoms. The quantitative estimate of drug-likeness (QED) is 0.735. The molecular formula is C18H17FN4O. The second kappa shape index (κ2) is 6.54. The van der Waals surface area contributed by atoms with E-state index in [2.05, 4.69) is 26.7 Å². The average Bonchev–Trinajstić information content (AvgIpc) is 3.21. The molecule has 0 saturated carbocycles. The highest BCUT2D eigenvalue weighted by Crippen LogP contribution is 2.27. The normalized spacial score (nSPS) is 11.1. The molecule has 3 aromatic rings. The third-order valence-electron chi connectivity index (χ3n) is 3.58. The minimum Gasteiger partial charge on any atom is -0.497 e. The third-order valence-corrected chi connectivity index (χ3v) is 3.58. The molecule has 2 aromatic heterocycles. The molecule has 0 unspecified atom stereocenters. The summed E-state index contributed by atoms with van der Waals surface area (Å²) < 4.78 is 19.2. The van der Waals surface area contributed by atoms with Crippen molar-refractivity contribution in [2.75, 3.05) is 7.11 Å². The van der Waals surface area contributed by atoms with Crippen molar-refractivity contribution in [2.45, 2.75) is 6.92 Å². The summed E-state index contributed by atoms with van der Waals surface area (Å²) in [5.74, 6) is 0.684. The number of halogens is 1. The van der Waals surface area contributed by atoms with Crippen molar-refractivity contribution in [3.05, 3.63) is 54.1 Å². The molecule has 122 valence electrons. The first kappa shape index (κ1) is 15.7. The van der Waals surface area contributed by atoms with Crippen LogP contribution >= 0.6 is 0 Å². The fourth-order valence-corrected chi connectivity index (χ4v) is 2.38. The molecule has 0 saturated heterocycles. The number of benzene rings is 1. The maximum atomic E-state index is 14.2. The van der Waals surface area contributed by atoms with Crippen LogP contribution in [0.25, 0.3) is 34.9 Å². The number of hydrogen-bond donors (Lipinski definition) is 2. The smallest absolute Gasteiger partial charge is 0.156 e. The predicted molar refractivity (Wildman–Crippen MR) is 92.9 cm³/mol. The summed E-state index contributed by atoms with van der Waals surface area (Å²) in [6.45, 7) is 5.69. The number of imidazole rings is 1. The molecule has 0 spiro atoms. The molecule has 3 rings (SSSR count). The molecule has 1 aromatic carbocycles. The Hall–Kier alpha value is -3.15. The lowest BCUT2D eigenvalue weighted by molar-refractivity contribution is 0.411. The number of ether oxygens (including phenoxy) is 1. The molecule has 2 N–H and O–H groups in total. The van der Waals surface area contributed by atoms with Gasteiger partial charge in [0.2, 0.25) is 0 Å². The number of hydrogen-bond acceptors (Lipinski definition) is 3. The van der Waals surface area contributed by atoms with Gasteiger partial charge in [0, 0.05) is 11.6 Å². The standard InChI is InChI=1S/C18H17FN4O/c1-4-6-15-14(5-2)20-18(21-15)17-10-16(22-23-17)12-8-7-11(24-3)9-13(12)19/h4-10H,2H2,1,3H3,(H,20,21)(H,22,23)/b6-4-. The molecular weight excluding hydrogens is 307 g/mol. The van der Waals surface area contributed by atoms with E-state index in [1.165, 1.54) is 13.2 Å². The summed E-state index contributed by atoms with van der Waals surface area (Å²) in [5, 5.41) is 7.06. The van der Waals surface area contributed by atoms with Crippen molar-refractivity contribution in [3.63, 3.8) is 0 Å². The average molecular weight is 324 g/mol. The van der Waals surface area contributed by atoms with E-state index in [0.717, 1.165) is 11.4 Å². The number of allylic oxidation sites excluding steroid dienone is 1. The molecule has 6 heteroatoms. The molecule has 0 fully saturated rings. The Morgan fingerprint density at radius 2 is 2.12 bits per heavy atom. The van der Waals surface area contributed by atoms with Crippen LogP contribution in [-0.4, -0.2) is 27.3 Å². The second-order valence-corrected chi connectivity index (χ2v) is 5.10. The van der Waals surface area contributed by atoms with Crippen molar-refractivity contribution < 1.29 is 9.13 Å². The summed E-state index contributed by atoms with van der Waals surface area (Å²) in [7, 11) is 1.50. The largest absolute Gasteiger partial charge is 0.497 e. The highest BCUT2D eigenvalue weighted by Gasteiger charge is 2.14. The predicted octanol–water partition coefficient (Wildman–Crippen LogP) is 4.29. The van der Waals surface area contributed by atoms with Gasteiger partial charge in [-0.2, -0.15) is 5.10 Å². The van der Waals surface area contributed by atoms with E-state index in [-0.39, 0.29) is 0 Å². The SMILES string of the molecule is C=Cc1[nH]c(-c2cc(-c3ccc(OC)cc3F)n[nH]2)nc1/C=C\C. The highest BCUT2D eigenvalue weighted by molar-refractivity contribution is 5.69.